The van der Waals surface area contributed by atoms with Gasteiger partial charge >= 0.3 is 0 Å². The van der Waals surface area contributed by atoms with Crippen LogP contribution in [0.1, 0.15) is 32.1 Å². The maximum atomic E-state index is 5.47. The van der Waals surface area contributed by atoms with Crippen molar-refractivity contribution < 1.29 is 4.74 Å². The quantitative estimate of drug-likeness (QED) is 0.595. The molecule has 0 aromatic rings. The molecule has 2 heterocycles. The van der Waals surface area contributed by atoms with Crippen molar-refractivity contribution in [3.05, 3.63) is 0 Å². The Hall–Kier alpha value is -0.390. The average Bonchev–Trinajstić information content (AvgIpc) is 2.97. The van der Waals surface area contributed by atoms with E-state index in [9.17, 15) is 0 Å². The smallest absolute Gasteiger partial charge is 0.168 e. The fraction of sp³-hybridized carbons (Fsp3) is 0.933. The standard InChI is InChI=1S/C15H29N3OS/c1-19-12-4-7-16-15(20)18-10-5-14(6-11-18)13-17-8-2-3-9-17/h14H,2-13H2,1H3,(H,16,20). The summed E-state index contributed by atoms with van der Waals surface area (Å²) in [6.45, 7) is 7.90. The van der Waals surface area contributed by atoms with Gasteiger partial charge in [-0.05, 0) is 63.3 Å². The van der Waals surface area contributed by atoms with E-state index >= 15 is 0 Å². The molecule has 0 unspecified atom stereocenters. The summed E-state index contributed by atoms with van der Waals surface area (Å²) in [5.41, 5.74) is 0. The van der Waals surface area contributed by atoms with Crippen LogP contribution in [0.5, 0.6) is 0 Å². The lowest BCUT2D eigenvalue weighted by molar-refractivity contribution is 0.192. The van der Waals surface area contributed by atoms with Crippen molar-refractivity contribution in [3.8, 4) is 0 Å². The second kappa shape index (κ2) is 8.80. The number of piperidine rings is 1. The number of hydrogen-bond acceptors (Lipinski definition) is 3. The fourth-order valence-corrected chi connectivity index (χ4v) is 3.46. The predicted molar refractivity (Wildman–Crippen MR) is 87.1 cm³/mol. The van der Waals surface area contributed by atoms with E-state index in [-0.39, 0.29) is 0 Å². The third-order valence-corrected chi connectivity index (χ3v) is 4.82. The summed E-state index contributed by atoms with van der Waals surface area (Å²) in [5.74, 6) is 0.876. The molecule has 2 rings (SSSR count). The van der Waals surface area contributed by atoms with Crippen LogP contribution in [0.3, 0.4) is 0 Å². The number of rotatable bonds is 6. The highest BCUT2D eigenvalue weighted by molar-refractivity contribution is 7.80. The first-order valence-corrected chi connectivity index (χ1v) is 8.44. The number of nitrogens with zero attached hydrogens (tertiary/aromatic N) is 2. The number of thiocarbonyl (C=S) groups is 1. The van der Waals surface area contributed by atoms with Crippen LogP contribution >= 0.6 is 12.2 Å². The highest BCUT2D eigenvalue weighted by Gasteiger charge is 2.23. The van der Waals surface area contributed by atoms with E-state index < -0.39 is 0 Å². The first-order valence-electron chi connectivity index (χ1n) is 8.03. The summed E-state index contributed by atoms with van der Waals surface area (Å²) < 4.78 is 5.04. The molecule has 0 spiro atoms. The highest BCUT2D eigenvalue weighted by atomic mass is 32.1. The molecule has 0 radical (unpaired) electrons. The molecule has 2 fully saturated rings. The van der Waals surface area contributed by atoms with E-state index in [1.165, 1.54) is 45.3 Å². The maximum Gasteiger partial charge on any atom is 0.168 e. The molecule has 1 N–H and O–H groups in total. The van der Waals surface area contributed by atoms with Gasteiger partial charge in [0.25, 0.3) is 0 Å². The van der Waals surface area contributed by atoms with Crippen molar-refractivity contribution in [1.82, 2.24) is 15.1 Å². The molecular weight excluding hydrogens is 270 g/mol. The second-order valence-corrected chi connectivity index (χ2v) is 6.40. The van der Waals surface area contributed by atoms with E-state index in [0.29, 0.717) is 0 Å². The van der Waals surface area contributed by atoms with Crippen LogP contribution in [0.2, 0.25) is 0 Å². The van der Waals surface area contributed by atoms with E-state index in [1.54, 1.807) is 7.11 Å². The fourth-order valence-electron chi connectivity index (χ4n) is 3.17. The predicted octanol–water partition coefficient (Wildman–Crippen LogP) is 1.71. The van der Waals surface area contributed by atoms with Crippen LogP contribution in [0.15, 0.2) is 0 Å². The normalized spacial score (nSPS) is 21.4. The monoisotopic (exact) mass is 299 g/mol. The maximum absolute atomic E-state index is 5.47. The van der Waals surface area contributed by atoms with Crippen LogP contribution in [0.25, 0.3) is 0 Å². The molecule has 5 heteroatoms. The topological polar surface area (TPSA) is 27.7 Å². The van der Waals surface area contributed by atoms with Gasteiger partial charge in [0.2, 0.25) is 0 Å². The van der Waals surface area contributed by atoms with Gasteiger partial charge in [-0.25, -0.2) is 0 Å². The first kappa shape index (κ1) is 16.0. The minimum absolute atomic E-state index is 0.799. The third kappa shape index (κ3) is 5.19. The Balaban J connectivity index is 1.59. The highest BCUT2D eigenvalue weighted by Crippen LogP contribution is 2.20. The molecule has 0 aromatic heterocycles. The minimum atomic E-state index is 0.799. The van der Waals surface area contributed by atoms with Crippen molar-refractivity contribution >= 4 is 17.3 Å². The van der Waals surface area contributed by atoms with Crippen LogP contribution in [-0.4, -0.2) is 67.9 Å². The van der Waals surface area contributed by atoms with Crippen molar-refractivity contribution in [1.29, 1.82) is 0 Å². The van der Waals surface area contributed by atoms with E-state index in [4.69, 9.17) is 17.0 Å². The molecule has 20 heavy (non-hydrogen) atoms. The second-order valence-electron chi connectivity index (χ2n) is 6.02. The Labute approximate surface area is 128 Å². The first-order chi connectivity index (χ1) is 9.79. The lowest BCUT2D eigenvalue weighted by Gasteiger charge is -2.35. The van der Waals surface area contributed by atoms with Gasteiger partial charge in [0.05, 0.1) is 0 Å². The molecule has 2 saturated heterocycles. The van der Waals surface area contributed by atoms with Crippen molar-refractivity contribution in [2.75, 3.05) is 53.0 Å². The minimum Gasteiger partial charge on any atom is -0.385 e. The van der Waals surface area contributed by atoms with E-state index in [1.807, 2.05) is 0 Å². The van der Waals surface area contributed by atoms with Gasteiger partial charge in [-0.1, -0.05) is 0 Å². The number of methoxy groups -OCH3 is 1. The zero-order chi connectivity index (χ0) is 14.2. The van der Waals surface area contributed by atoms with Gasteiger partial charge in [0, 0.05) is 39.9 Å². The SMILES string of the molecule is COCCCNC(=S)N1CCC(CN2CCCC2)CC1. The van der Waals surface area contributed by atoms with Crippen molar-refractivity contribution in [2.24, 2.45) is 5.92 Å². The van der Waals surface area contributed by atoms with Gasteiger partial charge in [0.15, 0.2) is 5.11 Å². The van der Waals surface area contributed by atoms with Gasteiger partial charge in [0.1, 0.15) is 0 Å². The molecule has 116 valence electrons. The number of hydrogen-bond donors (Lipinski definition) is 1. The van der Waals surface area contributed by atoms with Crippen LogP contribution in [-0.2, 0) is 4.74 Å². The molecular formula is C15H29N3OS. The third-order valence-electron chi connectivity index (χ3n) is 4.42. The summed E-state index contributed by atoms with van der Waals surface area (Å²) in [6.07, 6.45) is 6.39. The molecule has 4 nitrogen and oxygen atoms in total. The van der Waals surface area contributed by atoms with Crippen LogP contribution in [0.4, 0.5) is 0 Å². The molecule has 2 aliphatic heterocycles. The lowest BCUT2D eigenvalue weighted by atomic mass is 9.96. The molecule has 0 aromatic carbocycles. The van der Waals surface area contributed by atoms with Gasteiger partial charge in [-0.15, -0.1) is 0 Å². The summed E-state index contributed by atoms with van der Waals surface area (Å²) in [7, 11) is 1.74. The Morgan fingerprint density at radius 2 is 1.90 bits per heavy atom. The molecule has 0 amide bonds. The van der Waals surface area contributed by atoms with Crippen molar-refractivity contribution in [2.45, 2.75) is 32.1 Å². The van der Waals surface area contributed by atoms with Crippen LogP contribution in [0, 0.1) is 5.92 Å². The number of likely N-dealkylation sites (tertiary alicyclic amines) is 2. The van der Waals surface area contributed by atoms with Gasteiger partial charge in [-0.2, -0.15) is 0 Å². The molecule has 2 aliphatic rings. The number of nitrogens with one attached hydrogen (secondary N) is 1. The molecule has 0 atom stereocenters. The van der Waals surface area contributed by atoms with Gasteiger partial charge in [-0.3, -0.25) is 0 Å². The summed E-state index contributed by atoms with van der Waals surface area (Å²) in [6, 6.07) is 0. The van der Waals surface area contributed by atoms with Gasteiger partial charge < -0.3 is 19.9 Å². The zero-order valence-corrected chi connectivity index (χ0v) is 13.6. The van der Waals surface area contributed by atoms with Crippen molar-refractivity contribution in [3.63, 3.8) is 0 Å². The van der Waals surface area contributed by atoms with Crippen LogP contribution < -0.4 is 5.32 Å². The lowest BCUT2D eigenvalue weighted by Crippen LogP contribution is -2.46. The van der Waals surface area contributed by atoms with E-state index in [0.717, 1.165) is 43.7 Å². The molecule has 0 saturated carbocycles. The average molecular weight is 299 g/mol. The van der Waals surface area contributed by atoms with E-state index in [2.05, 4.69) is 15.1 Å². The Morgan fingerprint density at radius 1 is 1.20 bits per heavy atom. The molecule has 0 aliphatic carbocycles. The number of ether oxygens (including phenoxy) is 1. The Kier molecular flexibility index (Phi) is 7.03. The summed E-state index contributed by atoms with van der Waals surface area (Å²) >= 11 is 5.47. The largest absolute Gasteiger partial charge is 0.385 e. The Morgan fingerprint density at radius 3 is 2.55 bits per heavy atom. The molecule has 0 bridgehead atoms. The summed E-state index contributed by atoms with van der Waals surface area (Å²) in [5, 5.41) is 4.27. The Bertz CT molecular complexity index is 287. The zero-order valence-electron chi connectivity index (χ0n) is 12.8. The summed E-state index contributed by atoms with van der Waals surface area (Å²) in [4.78, 5) is 4.98.